The van der Waals surface area contributed by atoms with Gasteiger partial charge in [-0.05, 0) is 62.3 Å². The number of hydrogen-bond acceptors (Lipinski definition) is 6. The zero-order valence-electron chi connectivity index (χ0n) is 15.2. The second-order valence-electron chi connectivity index (χ2n) is 7.59. The number of aromatic hydroxyl groups is 1. The van der Waals surface area contributed by atoms with Crippen LogP contribution in [0.4, 0.5) is 0 Å². The van der Waals surface area contributed by atoms with E-state index in [4.69, 9.17) is 4.74 Å². The van der Waals surface area contributed by atoms with Gasteiger partial charge in [-0.25, -0.2) is 0 Å². The molecule has 0 radical (unpaired) electrons. The van der Waals surface area contributed by atoms with E-state index < -0.39 is 0 Å². The minimum absolute atomic E-state index is 0.177. The zero-order valence-corrected chi connectivity index (χ0v) is 15.2. The Morgan fingerprint density at radius 3 is 2.63 bits per heavy atom. The Morgan fingerprint density at radius 2 is 1.89 bits per heavy atom. The number of aryl methyl sites for hydroxylation is 1. The highest BCUT2D eigenvalue weighted by Gasteiger charge is 2.34. The molecule has 4 heterocycles. The molecule has 3 aromatic rings. The lowest BCUT2D eigenvalue weighted by Crippen LogP contribution is -2.42. The van der Waals surface area contributed by atoms with E-state index in [2.05, 4.69) is 20.5 Å². The summed E-state index contributed by atoms with van der Waals surface area (Å²) in [5, 5.41) is 24.5. The van der Waals surface area contributed by atoms with Gasteiger partial charge in [-0.15, -0.1) is 10.2 Å². The number of hydrogen-bond donors (Lipinski definition) is 2. The quantitative estimate of drug-likeness (QED) is 0.744. The molecule has 1 unspecified atom stereocenters. The average Bonchev–Trinajstić information content (AvgIpc) is 3.01. The summed E-state index contributed by atoms with van der Waals surface area (Å²) in [7, 11) is 0. The van der Waals surface area contributed by atoms with Gasteiger partial charge in [0.2, 0.25) is 5.88 Å². The van der Waals surface area contributed by atoms with Gasteiger partial charge < -0.3 is 15.2 Å². The van der Waals surface area contributed by atoms with Crippen molar-refractivity contribution in [2.45, 2.75) is 50.8 Å². The fourth-order valence-corrected chi connectivity index (χ4v) is 4.36. The minimum Gasteiger partial charge on any atom is -0.507 e. The molecule has 2 aliphatic heterocycles. The molecule has 2 bridgehead atoms. The van der Waals surface area contributed by atoms with Gasteiger partial charge in [0.05, 0.1) is 5.69 Å². The van der Waals surface area contributed by atoms with Gasteiger partial charge in [-0.1, -0.05) is 0 Å². The van der Waals surface area contributed by atoms with Gasteiger partial charge >= 0.3 is 0 Å². The number of aromatic nitrogens is 3. The Hall–Kier alpha value is -2.73. The van der Waals surface area contributed by atoms with Gasteiger partial charge in [-0.3, -0.25) is 4.98 Å². The number of phenols is 1. The second kappa shape index (κ2) is 6.46. The first-order valence-electron chi connectivity index (χ1n) is 9.51. The number of fused-ring (bicyclic) bond motifs is 3. The second-order valence-corrected chi connectivity index (χ2v) is 7.59. The van der Waals surface area contributed by atoms with E-state index in [-0.39, 0.29) is 11.9 Å². The third-order valence-electron chi connectivity index (χ3n) is 5.71. The molecule has 6 nitrogen and oxygen atoms in total. The summed E-state index contributed by atoms with van der Waals surface area (Å²) in [6.45, 7) is 1.93. The summed E-state index contributed by atoms with van der Waals surface area (Å²) in [4.78, 5) is 4.27. The van der Waals surface area contributed by atoms with E-state index in [1.54, 1.807) is 12.3 Å². The highest BCUT2D eigenvalue weighted by atomic mass is 16.5. The van der Waals surface area contributed by atoms with Crippen LogP contribution >= 0.6 is 0 Å². The number of phenolic OH excluding ortho intramolecular Hbond substituents is 1. The van der Waals surface area contributed by atoms with Crippen molar-refractivity contribution in [3.63, 3.8) is 0 Å². The van der Waals surface area contributed by atoms with Crippen molar-refractivity contribution in [1.29, 1.82) is 0 Å². The first-order valence-corrected chi connectivity index (χ1v) is 9.51. The monoisotopic (exact) mass is 362 g/mol. The maximum atomic E-state index is 10.4. The van der Waals surface area contributed by atoms with Gasteiger partial charge in [0.25, 0.3) is 0 Å². The zero-order chi connectivity index (χ0) is 18.4. The number of nitrogens with one attached hydrogen (secondary N) is 1. The molecule has 0 aliphatic carbocycles. The van der Waals surface area contributed by atoms with Crippen molar-refractivity contribution in [2.75, 3.05) is 0 Å². The van der Waals surface area contributed by atoms with Gasteiger partial charge in [-0.2, -0.15) is 0 Å². The summed E-state index contributed by atoms with van der Waals surface area (Å²) in [6.07, 6.45) is 6.51. The van der Waals surface area contributed by atoms with Crippen LogP contribution in [0.3, 0.4) is 0 Å². The number of rotatable bonds is 3. The molecular formula is C21H22N4O2. The summed E-state index contributed by atoms with van der Waals surface area (Å²) in [6, 6.07) is 10.4. The number of ether oxygens (including phenoxy) is 1. The van der Waals surface area contributed by atoms with Crippen LogP contribution in [-0.4, -0.2) is 38.5 Å². The average molecular weight is 362 g/mol. The molecule has 6 heteroatoms. The molecule has 27 heavy (non-hydrogen) atoms. The fourth-order valence-electron chi connectivity index (χ4n) is 4.36. The lowest BCUT2D eigenvalue weighted by Gasteiger charge is -2.28. The summed E-state index contributed by atoms with van der Waals surface area (Å²) in [5.41, 5.74) is 2.17. The molecule has 2 saturated heterocycles. The van der Waals surface area contributed by atoms with E-state index in [1.807, 2.05) is 31.2 Å². The van der Waals surface area contributed by atoms with Gasteiger partial charge in [0.15, 0.2) is 0 Å². The van der Waals surface area contributed by atoms with Crippen LogP contribution in [0.5, 0.6) is 11.6 Å². The molecule has 2 fully saturated rings. The maximum Gasteiger partial charge on any atom is 0.233 e. The normalized spacial score (nSPS) is 24.3. The molecule has 2 N–H and O–H groups in total. The first-order chi connectivity index (χ1) is 13.2. The van der Waals surface area contributed by atoms with Crippen molar-refractivity contribution in [1.82, 2.24) is 20.5 Å². The largest absolute Gasteiger partial charge is 0.507 e. The van der Waals surface area contributed by atoms with Crippen LogP contribution < -0.4 is 10.1 Å². The van der Waals surface area contributed by atoms with Crippen LogP contribution in [0.15, 0.2) is 36.5 Å². The molecule has 5 rings (SSSR count). The molecule has 0 spiro atoms. The lowest BCUT2D eigenvalue weighted by atomic mass is 10.0. The summed E-state index contributed by atoms with van der Waals surface area (Å²) >= 11 is 0. The van der Waals surface area contributed by atoms with E-state index in [1.165, 1.54) is 12.8 Å². The Labute approximate surface area is 157 Å². The van der Waals surface area contributed by atoms with Crippen molar-refractivity contribution >= 4 is 10.8 Å². The van der Waals surface area contributed by atoms with Crippen molar-refractivity contribution in [3.8, 4) is 22.9 Å². The highest BCUT2D eigenvalue weighted by Crippen LogP contribution is 2.34. The van der Waals surface area contributed by atoms with Crippen LogP contribution in [0, 0.1) is 6.92 Å². The van der Waals surface area contributed by atoms with E-state index in [0.29, 0.717) is 29.2 Å². The highest BCUT2D eigenvalue weighted by molar-refractivity contribution is 5.91. The summed E-state index contributed by atoms with van der Waals surface area (Å²) in [5.74, 6) is 0.724. The van der Waals surface area contributed by atoms with Gasteiger partial charge in [0.1, 0.15) is 11.9 Å². The molecule has 2 aromatic heterocycles. The molecule has 3 atom stereocenters. The first kappa shape index (κ1) is 16.4. The molecule has 138 valence electrons. The van der Waals surface area contributed by atoms with Crippen LogP contribution in [0.1, 0.15) is 31.4 Å². The smallest absolute Gasteiger partial charge is 0.233 e. The standard InChI is InChI=1S/C21H22N4O2/c1-12-17-11-20(26)18(8-13(17)6-7-22-12)19-4-5-21(25-24-19)27-16-9-14-2-3-15(10-16)23-14/h4-8,11,14-16,23,26H,2-3,9-10H2,1H3/t14-,15?,16-/m0/s1. The molecule has 0 saturated carbocycles. The van der Waals surface area contributed by atoms with Crippen molar-refractivity contribution < 1.29 is 9.84 Å². The molecule has 2 aliphatic rings. The van der Waals surface area contributed by atoms with Crippen molar-refractivity contribution in [2.24, 2.45) is 0 Å². The Bertz CT molecular complexity index is 977. The molecule has 0 amide bonds. The predicted molar refractivity (Wildman–Crippen MR) is 103 cm³/mol. The molecule has 1 aromatic carbocycles. The van der Waals surface area contributed by atoms with E-state index in [0.717, 1.165) is 29.3 Å². The van der Waals surface area contributed by atoms with Gasteiger partial charge in [0, 0.05) is 41.0 Å². The SMILES string of the molecule is Cc1nccc2cc(-c3ccc(O[C@@H]4CC5CC[C@@H](C4)N5)nn3)c(O)cc12. The van der Waals surface area contributed by atoms with Crippen LogP contribution in [0.2, 0.25) is 0 Å². The summed E-state index contributed by atoms with van der Waals surface area (Å²) < 4.78 is 6.06. The predicted octanol–water partition coefficient (Wildman–Crippen LogP) is 3.37. The third-order valence-corrected chi connectivity index (χ3v) is 5.71. The van der Waals surface area contributed by atoms with Crippen LogP contribution in [-0.2, 0) is 0 Å². The topological polar surface area (TPSA) is 80.2 Å². The fraction of sp³-hybridized carbons (Fsp3) is 0.381. The Morgan fingerprint density at radius 1 is 1.07 bits per heavy atom. The van der Waals surface area contributed by atoms with E-state index in [9.17, 15) is 5.11 Å². The van der Waals surface area contributed by atoms with E-state index >= 15 is 0 Å². The van der Waals surface area contributed by atoms with Crippen molar-refractivity contribution in [3.05, 3.63) is 42.2 Å². The Balaban J connectivity index is 1.38. The minimum atomic E-state index is 0.177. The third kappa shape index (κ3) is 3.10. The van der Waals surface area contributed by atoms with Crippen LogP contribution in [0.25, 0.3) is 22.0 Å². The lowest BCUT2D eigenvalue weighted by molar-refractivity contribution is 0.130. The molecular weight excluding hydrogens is 340 g/mol. The number of benzene rings is 1. The number of piperidine rings is 1. The maximum absolute atomic E-state index is 10.4. The number of pyridine rings is 1. The number of nitrogens with zero attached hydrogens (tertiary/aromatic N) is 3. The Kier molecular flexibility index (Phi) is 3.93.